The Morgan fingerprint density at radius 1 is 1.15 bits per heavy atom. The van der Waals surface area contributed by atoms with E-state index in [0.717, 1.165) is 23.4 Å². The lowest BCUT2D eigenvalue weighted by molar-refractivity contribution is 0.0522. The van der Waals surface area contributed by atoms with E-state index >= 15 is 0 Å². The van der Waals surface area contributed by atoms with Gasteiger partial charge in [0.2, 0.25) is 0 Å². The van der Waals surface area contributed by atoms with Gasteiger partial charge in [0.1, 0.15) is 11.4 Å². The Morgan fingerprint density at radius 3 is 2.52 bits per heavy atom. The molecular weight excluding hydrogens is 338 g/mol. The molecular formula is C23H27NO3. The Morgan fingerprint density at radius 2 is 1.85 bits per heavy atom. The molecule has 0 N–H and O–H groups in total. The van der Waals surface area contributed by atoms with Crippen LogP contribution in [0.15, 0.2) is 47.5 Å². The molecule has 0 fully saturated rings. The number of fused-ring (bicyclic) bond motifs is 1. The van der Waals surface area contributed by atoms with E-state index in [1.54, 1.807) is 19.1 Å². The van der Waals surface area contributed by atoms with Gasteiger partial charge in [-0.15, -0.1) is 0 Å². The molecule has 0 saturated heterocycles. The number of hydrogen-bond acceptors (Lipinski definition) is 4. The maximum absolute atomic E-state index is 11.7. The summed E-state index contributed by atoms with van der Waals surface area (Å²) in [5, 5.41) is 0. The van der Waals surface area contributed by atoms with Gasteiger partial charge in [0.25, 0.3) is 0 Å². The van der Waals surface area contributed by atoms with Crippen LogP contribution in [-0.2, 0) is 10.2 Å². The second kappa shape index (κ2) is 7.18. The van der Waals surface area contributed by atoms with Crippen molar-refractivity contribution in [2.24, 2.45) is 4.99 Å². The lowest BCUT2D eigenvalue weighted by atomic mass is 9.73. The Bertz CT molecular complexity index is 864. The Kier molecular flexibility index (Phi) is 5.09. The van der Waals surface area contributed by atoms with Gasteiger partial charge in [-0.3, -0.25) is 4.99 Å². The second-order valence-electron chi connectivity index (χ2n) is 8.20. The van der Waals surface area contributed by atoms with E-state index in [-0.39, 0.29) is 17.0 Å². The van der Waals surface area contributed by atoms with Crippen LogP contribution in [0, 0.1) is 0 Å². The maximum Gasteiger partial charge on any atom is 0.338 e. The summed E-state index contributed by atoms with van der Waals surface area (Å²) < 4.78 is 11.2. The molecule has 0 saturated carbocycles. The van der Waals surface area contributed by atoms with Crippen LogP contribution in [-0.4, -0.2) is 24.4 Å². The van der Waals surface area contributed by atoms with Gasteiger partial charge in [0.05, 0.1) is 17.9 Å². The summed E-state index contributed by atoms with van der Waals surface area (Å²) in [4.78, 5) is 16.2. The van der Waals surface area contributed by atoms with Gasteiger partial charge in [-0.1, -0.05) is 26.0 Å². The second-order valence-corrected chi connectivity index (χ2v) is 8.20. The van der Waals surface area contributed by atoms with Crippen LogP contribution in [0.3, 0.4) is 0 Å². The number of carbonyl (C=O) groups excluding carboxylic acids is 1. The zero-order valence-electron chi connectivity index (χ0n) is 16.7. The van der Waals surface area contributed by atoms with E-state index in [2.05, 4.69) is 50.9 Å². The summed E-state index contributed by atoms with van der Waals surface area (Å²) in [6, 6.07) is 13.3. The molecule has 3 rings (SSSR count). The molecule has 27 heavy (non-hydrogen) atoms. The number of aliphatic imine (C=N–C) groups is 1. The number of carbonyl (C=O) groups is 1. The highest BCUT2D eigenvalue weighted by Gasteiger charge is 2.38. The highest BCUT2D eigenvalue weighted by molar-refractivity contribution is 5.90. The molecule has 0 aliphatic carbocycles. The highest BCUT2D eigenvalue weighted by Crippen LogP contribution is 2.44. The van der Waals surface area contributed by atoms with Crippen molar-refractivity contribution in [1.82, 2.24) is 0 Å². The van der Waals surface area contributed by atoms with Crippen LogP contribution in [0.5, 0.6) is 5.75 Å². The Balaban J connectivity index is 1.80. The predicted octanol–water partition coefficient (Wildman–Crippen LogP) is 5.45. The van der Waals surface area contributed by atoms with Gasteiger partial charge < -0.3 is 9.47 Å². The van der Waals surface area contributed by atoms with Crippen LogP contribution in [0.2, 0.25) is 0 Å². The van der Waals surface area contributed by atoms with E-state index in [0.29, 0.717) is 12.2 Å². The lowest BCUT2D eigenvalue weighted by Gasteiger charge is -2.42. The van der Waals surface area contributed by atoms with Crippen molar-refractivity contribution in [3.63, 3.8) is 0 Å². The number of ether oxygens (including phenoxy) is 2. The van der Waals surface area contributed by atoms with Crippen LogP contribution in [0.4, 0.5) is 5.69 Å². The molecule has 0 amide bonds. The average molecular weight is 365 g/mol. The molecule has 2 aromatic rings. The summed E-state index contributed by atoms with van der Waals surface area (Å²) in [6.07, 6.45) is 2.80. The summed E-state index contributed by atoms with van der Waals surface area (Å²) in [5.74, 6) is 0.614. The van der Waals surface area contributed by atoms with Gasteiger partial charge in [-0.2, -0.15) is 0 Å². The molecule has 1 heterocycles. The quantitative estimate of drug-likeness (QED) is 0.534. The highest BCUT2D eigenvalue weighted by atomic mass is 16.5. The molecule has 0 radical (unpaired) electrons. The third kappa shape index (κ3) is 4.38. The smallest absolute Gasteiger partial charge is 0.338 e. The summed E-state index contributed by atoms with van der Waals surface area (Å²) in [5.41, 5.74) is 3.42. The normalized spacial score (nSPS) is 17.2. The average Bonchev–Trinajstić information content (AvgIpc) is 2.58. The number of nitrogens with zero attached hydrogens (tertiary/aromatic N) is 1. The van der Waals surface area contributed by atoms with Crippen LogP contribution in [0.25, 0.3) is 0 Å². The molecule has 0 spiro atoms. The first-order valence-electron chi connectivity index (χ1n) is 9.35. The van der Waals surface area contributed by atoms with Crippen molar-refractivity contribution in [1.29, 1.82) is 0 Å². The zero-order chi connectivity index (χ0) is 19.7. The van der Waals surface area contributed by atoms with Gasteiger partial charge in [0.15, 0.2) is 0 Å². The minimum absolute atomic E-state index is 0.0791. The molecule has 1 aliphatic rings. The van der Waals surface area contributed by atoms with Crippen molar-refractivity contribution in [2.45, 2.75) is 52.1 Å². The minimum Gasteiger partial charge on any atom is -0.488 e. The van der Waals surface area contributed by atoms with E-state index in [9.17, 15) is 4.79 Å². The monoisotopic (exact) mass is 365 g/mol. The SMILES string of the molecule is CCOC(=O)c1ccc(N=Cc2ccc3c(c2)OC(C)(C)CC3(C)C)cc1. The van der Waals surface area contributed by atoms with E-state index in [4.69, 9.17) is 9.47 Å². The van der Waals surface area contributed by atoms with Crippen molar-refractivity contribution >= 4 is 17.9 Å². The van der Waals surface area contributed by atoms with Gasteiger partial charge in [0, 0.05) is 6.21 Å². The third-order valence-corrected chi connectivity index (χ3v) is 4.73. The van der Waals surface area contributed by atoms with Gasteiger partial charge >= 0.3 is 5.97 Å². The fourth-order valence-electron chi connectivity index (χ4n) is 3.80. The molecule has 4 nitrogen and oxygen atoms in total. The van der Waals surface area contributed by atoms with Crippen LogP contribution in [0.1, 0.15) is 62.5 Å². The molecule has 0 aromatic heterocycles. The lowest BCUT2D eigenvalue weighted by Crippen LogP contribution is -2.41. The topological polar surface area (TPSA) is 47.9 Å². The Labute approximate surface area is 161 Å². The molecule has 0 unspecified atom stereocenters. The van der Waals surface area contributed by atoms with E-state index in [1.807, 2.05) is 18.3 Å². The first-order valence-corrected chi connectivity index (χ1v) is 9.35. The fraction of sp³-hybridized carbons (Fsp3) is 0.391. The molecule has 1 aliphatic heterocycles. The van der Waals surface area contributed by atoms with Crippen LogP contribution >= 0.6 is 0 Å². The molecule has 142 valence electrons. The third-order valence-electron chi connectivity index (χ3n) is 4.73. The number of esters is 1. The molecule has 2 aromatic carbocycles. The Hall–Kier alpha value is -2.62. The minimum atomic E-state index is -0.315. The summed E-state index contributed by atoms with van der Waals surface area (Å²) in [7, 11) is 0. The van der Waals surface area contributed by atoms with Gasteiger partial charge in [-0.25, -0.2) is 4.79 Å². The van der Waals surface area contributed by atoms with Crippen molar-refractivity contribution < 1.29 is 14.3 Å². The first-order chi connectivity index (χ1) is 12.7. The van der Waals surface area contributed by atoms with Gasteiger partial charge in [-0.05, 0) is 74.1 Å². The van der Waals surface area contributed by atoms with Crippen molar-refractivity contribution in [2.75, 3.05) is 6.61 Å². The number of rotatable bonds is 4. The van der Waals surface area contributed by atoms with Crippen molar-refractivity contribution in [3.05, 3.63) is 59.2 Å². The molecule has 4 heteroatoms. The van der Waals surface area contributed by atoms with E-state index < -0.39 is 0 Å². The molecule has 0 atom stereocenters. The summed E-state index contributed by atoms with van der Waals surface area (Å²) >= 11 is 0. The first kappa shape index (κ1) is 19.2. The summed E-state index contributed by atoms with van der Waals surface area (Å²) in [6.45, 7) is 10.9. The van der Waals surface area contributed by atoms with Crippen molar-refractivity contribution in [3.8, 4) is 5.75 Å². The maximum atomic E-state index is 11.7. The molecule has 0 bridgehead atoms. The number of hydrogen-bond donors (Lipinski definition) is 0. The largest absolute Gasteiger partial charge is 0.488 e. The predicted molar refractivity (Wildman–Crippen MR) is 108 cm³/mol. The van der Waals surface area contributed by atoms with Crippen LogP contribution < -0.4 is 4.74 Å². The zero-order valence-corrected chi connectivity index (χ0v) is 16.7. The number of benzene rings is 2. The fourth-order valence-corrected chi connectivity index (χ4v) is 3.80. The standard InChI is InChI=1S/C23H27NO3/c1-6-26-21(25)17-8-10-18(11-9-17)24-14-16-7-12-19-20(13-16)27-23(4,5)15-22(19,2)3/h7-14H,6,15H2,1-5H3. The van der Waals surface area contributed by atoms with E-state index in [1.165, 1.54) is 5.56 Å².